The van der Waals surface area contributed by atoms with Crippen LogP contribution in [0.1, 0.15) is 9.88 Å². The fourth-order valence-electron chi connectivity index (χ4n) is 1.39. The van der Waals surface area contributed by atoms with Gasteiger partial charge in [-0.15, -0.1) is 11.3 Å². The largest absolute Gasteiger partial charge is 0.399 e. The summed E-state index contributed by atoms with van der Waals surface area (Å²) in [5.41, 5.74) is 6.07. The average Bonchev–Trinajstić information content (AvgIpc) is 2.63. The first-order chi connectivity index (χ1) is 7.97. The molecule has 0 atom stereocenters. The van der Waals surface area contributed by atoms with E-state index in [1.807, 2.05) is 6.92 Å². The Morgan fingerprint density at radius 2 is 1.94 bits per heavy atom. The summed E-state index contributed by atoms with van der Waals surface area (Å²) in [7, 11) is -3.32. The fourth-order valence-corrected chi connectivity index (χ4v) is 3.79. The monoisotopic (exact) mass is 268 g/mol. The molecular weight excluding hydrogens is 256 g/mol. The first kappa shape index (κ1) is 12.1. The number of rotatable bonds is 3. The molecule has 2 rings (SSSR count). The molecule has 1 aromatic heterocycles. The molecule has 17 heavy (non-hydrogen) atoms. The maximum atomic E-state index is 12.0. The molecule has 0 saturated heterocycles. The Morgan fingerprint density at radius 1 is 1.29 bits per heavy atom. The van der Waals surface area contributed by atoms with Crippen LogP contribution in [0.25, 0.3) is 0 Å². The van der Waals surface area contributed by atoms with Crippen LogP contribution in [0.15, 0.2) is 35.4 Å². The van der Waals surface area contributed by atoms with Crippen molar-refractivity contribution < 1.29 is 8.42 Å². The highest BCUT2D eigenvalue weighted by atomic mass is 32.2. The smallest absolute Gasteiger partial charge is 0.184 e. The minimum absolute atomic E-state index is 0.0601. The highest BCUT2D eigenvalue weighted by Crippen LogP contribution is 2.20. The molecule has 0 spiro atoms. The Kier molecular flexibility index (Phi) is 3.17. The molecule has 0 radical (unpaired) electrons. The number of anilines is 1. The van der Waals surface area contributed by atoms with Gasteiger partial charge in [-0.05, 0) is 31.2 Å². The molecule has 0 fully saturated rings. The number of nitrogens with two attached hydrogens (primary N) is 1. The van der Waals surface area contributed by atoms with E-state index in [9.17, 15) is 8.42 Å². The summed E-state index contributed by atoms with van der Waals surface area (Å²) in [6.45, 7) is 1.90. The van der Waals surface area contributed by atoms with Crippen molar-refractivity contribution in [2.75, 3.05) is 5.73 Å². The lowest BCUT2D eigenvalue weighted by molar-refractivity contribution is 0.595. The molecule has 1 aromatic carbocycles. The van der Waals surface area contributed by atoms with Gasteiger partial charge in [-0.25, -0.2) is 13.4 Å². The van der Waals surface area contributed by atoms with Crippen LogP contribution in [0.5, 0.6) is 0 Å². The van der Waals surface area contributed by atoms with Crippen molar-refractivity contribution in [3.8, 4) is 0 Å². The van der Waals surface area contributed by atoms with Gasteiger partial charge in [0.1, 0.15) is 10.8 Å². The van der Waals surface area contributed by atoms with Gasteiger partial charge < -0.3 is 5.73 Å². The minimum Gasteiger partial charge on any atom is -0.399 e. The lowest BCUT2D eigenvalue weighted by atomic mass is 10.3. The molecule has 2 aromatic rings. The lowest BCUT2D eigenvalue weighted by Gasteiger charge is -2.02. The first-order valence-corrected chi connectivity index (χ1v) is 7.44. The molecule has 4 nitrogen and oxygen atoms in total. The van der Waals surface area contributed by atoms with E-state index < -0.39 is 9.84 Å². The van der Waals surface area contributed by atoms with E-state index in [4.69, 9.17) is 5.73 Å². The molecule has 6 heteroatoms. The van der Waals surface area contributed by atoms with Gasteiger partial charge in [-0.1, -0.05) is 0 Å². The maximum absolute atomic E-state index is 12.0. The van der Waals surface area contributed by atoms with Gasteiger partial charge in [0.05, 0.1) is 4.90 Å². The number of sulfone groups is 1. The van der Waals surface area contributed by atoms with E-state index in [2.05, 4.69) is 4.98 Å². The summed E-state index contributed by atoms with van der Waals surface area (Å²) in [6, 6.07) is 6.20. The topological polar surface area (TPSA) is 73.0 Å². The molecule has 0 unspecified atom stereocenters. The van der Waals surface area contributed by atoms with Crippen LogP contribution in [0.2, 0.25) is 0 Å². The molecule has 0 aliphatic carbocycles. The van der Waals surface area contributed by atoms with Crippen molar-refractivity contribution in [1.82, 2.24) is 4.98 Å². The summed E-state index contributed by atoms with van der Waals surface area (Å²) in [5.74, 6) is -0.0601. The van der Waals surface area contributed by atoms with Crippen LogP contribution in [-0.4, -0.2) is 13.4 Å². The van der Waals surface area contributed by atoms with Gasteiger partial charge in [0.25, 0.3) is 0 Å². The van der Waals surface area contributed by atoms with E-state index >= 15 is 0 Å². The minimum atomic E-state index is -3.32. The van der Waals surface area contributed by atoms with E-state index in [0.29, 0.717) is 10.7 Å². The van der Waals surface area contributed by atoms with Gasteiger partial charge in [-0.3, -0.25) is 0 Å². The standard InChI is InChI=1S/C11H12N2O2S2/c1-8-6-13-11(16-8)7-17(14,15)10-4-2-9(12)3-5-10/h2-6H,7,12H2,1H3. The van der Waals surface area contributed by atoms with Crippen molar-refractivity contribution in [2.45, 2.75) is 17.6 Å². The molecule has 0 aliphatic rings. The summed E-state index contributed by atoms with van der Waals surface area (Å²) in [5, 5.41) is 0.610. The third-order valence-corrected chi connectivity index (χ3v) is 4.96. The van der Waals surface area contributed by atoms with E-state index in [1.54, 1.807) is 18.3 Å². The molecule has 1 heterocycles. The average molecular weight is 268 g/mol. The van der Waals surface area contributed by atoms with Gasteiger partial charge >= 0.3 is 0 Å². The molecule has 2 N–H and O–H groups in total. The second-order valence-electron chi connectivity index (χ2n) is 3.69. The Morgan fingerprint density at radius 3 is 2.47 bits per heavy atom. The normalized spacial score (nSPS) is 11.6. The molecular formula is C11H12N2O2S2. The molecule has 0 bridgehead atoms. The van der Waals surface area contributed by atoms with Crippen molar-refractivity contribution >= 4 is 26.9 Å². The quantitative estimate of drug-likeness (QED) is 0.864. The maximum Gasteiger partial charge on any atom is 0.184 e. The van der Waals surface area contributed by atoms with Crippen molar-refractivity contribution in [1.29, 1.82) is 0 Å². The number of aryl methyl sites for hydroxylation is 1. The van der Waals surface area contributed by atoms with Crippen LogP contribution in [0.3, 0.4) is 0 Å². The summed E-state index contributed by atoms with van der Waals surface area (Å²) in [4.78, 5) is 5.34. The highest BCUT2D eigenvalue weighted by Gasteiger charge is 2.16. The number of nitrogens with zero attached hydrogens (tertiary/aromatic N) is 1. The molecule has 0 saturated carbocycles. The zero-order valence-electron chi connectivity index (χ0n) is 9.25. The lowest BCUT2D eigenvalue weighted by Crippen LogP contribution is -2.04. The Hall–Kier alpha value is -1.40. The number of hydrogen-bond donors (Lipinski definition) is 1. The third-order valence-electron chi connectivity index (χ3n) is 2.22. The van der Waals surface area contributed by atoms with Crippen LogP contribution in [-0.2, 0) is 15.6 Å². The van der Waals surface area contributed by atoms with E-state index in [-0.39, 0.29) is 10.6 Å². The second kappa shape index (κ2) is 4.46. The Balaban J connectivity index is 2.28. The third kappa shape index (κ3) is 2.83. The summed E-state index contributed by atoms with van der Waals surface area (Å²) < 4.78 is 24.1. The SMILES string of the molecule is Cc1cnc(CS(=O)(=O)c2ccc(N)cc2)s1. The van der Waals surface area contributed by atoms with Gasteiger partial charge in [-0.2, -0.15) is 0 Å². The first-order valence-electron chi connectivity index (χ1n) is 4.97. The number of aromatic nitrogens is 1. The van der Waals surface area contributed by atoms with Gasteiger partial charge in [0.15, 0.2) is 9.84 Å². The van der Waals surface area contributed by atoms with Crippen LogP contribution >= 0.6 is 11.3 Å². The number of nitrogen functional groups attached to an aromatic ring is 1. The second-order valence-corrected chi connectivity index (χ2v) is 7.00. The number of thiazole rings is 1. The summed E-state index contributed by atoms with van der Waals surface area (Å²) >= 11 is 1.40. The highest BCUT2D eigenvalue weighted by molar-refractivity contribution is 7.90. The van der Waals surface area contributed by atoms with Crippen LogP contribution in [0, 0.1) is 6.92 Å². The zero-order valence-corrected chi connectivity index (χ0v) is 10.9. The number of hydrogen-bond acceptors (Lipinski definition) is 5. The molecule has 90 valence electrons. The predicted molar refractivity (Wildman–Crippen MR) is 68.6 cm³/mol. The molecule has 0 amide bonds. The molecule has 0 aliphatic heterocycles. The van der Waals surface area contributed by atoms with Crippen LogP contribution in [0.4, 0.5) is 5.69 Å². The fraction of sp³-hybridized carbons (Fsp3) is 0.182. The Labute approximate surface area is 104 Å². The number of benzene rings is 1. The Bertz CT molecular complexity index is 615. The van der Waals surface area contributed by atoms with Crippen molar-refractivity contribution in [3.05, 3.63) is 40.3 Å². The van der Waals surface area contributed by atoms with E-state index in [1.165, 1.54) is 23.5 Å². The van der Waals surface area contributed by atoms with Gasteiger partial charge in [0.2, 0.25) is 0 Å². The zero-order chi connectivity index (χ0) is 12.5. The predicted octanol–water partition coefficient (Wildman–Crippen LogP) is 2.01. The van der Waals surface area contributed by atoms with Crippen LogP contribution < -0.4 is 5.73 Å². The van der Waals surface area contributed by atoms with E-state index in [0.717, 1.165) is 4.88 Å². The summed E-state index contributed by atoms with van der Waals surface area (Å²) in [6.07, 6.45) is 1.68. The van der Waals surface area contributed by atoms with Crippen molar-refractivity contribution in [3.63, 3.8) is 0 Å². The van der Waals surface area contributed by atoms with Crippen molar-refractivity contribution in [2.24, 2.45) is 0 Å². The van der Waals surface area contributed by atoms with Gasteiger partial charge in [0, 0.05) is 16.8 Å².